The molecule has 0 aromatic heterocycles. The summed E-state index contributed by atoms with van der Waals surface area (Å²) in [7, 11) is 4.18. The van der Waals surface area contributed by atoms with Gasteiger partial charge in [-0.05, 0) is 0 Å². The van der Waals surface area contributed by atoms with E-state index in [0.29, 0.717) is 28.0 Å². The number of aliphatic imine (C=N–C) groups is 1. The zero-order valence-corrected chi connectivity index (χ0v) is 13.7. The van der Waals surface area contributed by atoms with Gasteiger partial charge in [-0.1, -0.05) is 0 Å². The number of ether oxygens (including phenoxy) is 2. The van der Waals surface area contributed by atoms with E-state index < -0.39 is 9.73 Å². The van der Waals surface area contributed by atoms with E-state index >= 15 is 0 Å². The third-order valence-electron chi connectivity index (χ3n) is 2.75. The highest BCUT2D eigenvalue weighted by molar-refractivity contribution is 7.93. The van der Waals surface area contributed by atoms with Crippen molar-refractivity contribution in [3.63, 3.8) is 0 Å². The molecule has 0 spiro atoms. The number of rotatable bonds is 2. The summed E-state index contributed by atoms with van der Waals surface area (Å²) in [5.74, 6) is 1.52. The molecule has 0 aliphatic carbocycles. The van der Waals surface area contributed by atoms with Gasteiger partial charge in [-0.15, -0.1) is 12.4 Å². The van der Waals surface area contributed by atoms with E-state index in [1.165, 1.54) is 7.11 Å². The first kappa shape index (κ1) is 16.6. The maximum atomic E-state index is 12.6. The molecule has 112 valence electrons. The van der Waals surface area contributed by atoms with Crippen molar-refractivity contribution in [2.75, 3.05) is 34.6 Å². The molecule has 2 rings (SSSR count). The maximum Gasteiger partial charge on any atom is 0.234 e. The van der Waals surface area contributed by atoms with Gasteiger partial charge in [0.15, 0.2) is 11.5 Å². The molecule has 0 bridgehead atoms. The molecular weight excluding hydrogens is 302 g/mol. The second-order valence-electron chi connectivity index (χ2n) is 4.37. The van der Waals surface area contributed by atoms with Crippen molar-refractivity contribution in [2.45, 2.75) is 4.90 Å². The summed E-state index contributed by atoms with van der Waals surface area (Å²) in [6.45, 7) is 0. The predicted molar refractivity (Wildman–Crippen MR) is 82.3 cm³/mol. The summed E-state index contributed by atoms with van der Waals surface area (Å²) in [5.41, 5.74) is 0.601. The number of nitrogens with zero attached hydrogens (tertiary/aromatic N) is 3. The fourth-order valence-electron chi connectivity index (χ4n) is 1.76. The monoisotopic (exact) mass is 319 g/mol. The fourth-order valence-corrected chi connectivity index (χ4v) is 3.19. The molecule has 1 atom stereocenters. The van der Waals surface area contributed by atoms with Gasteiger partial charge in [0.2, 0.25) is 5.96 Å². The average molecular weight is 320 g/mol. The molecule has 0 saturated carbocycles. The van der Waals surface area contributed by atoms with E-state index in [2.05, 4.69) is 9.36 Å². The van der Waals surface area contributed by atoms with Crippen LogP contribution < -0.4 is 9.47 Å². The molecule has 1 aliphatic rings. The van der Waals surface area contributed by atoms with Gasteiger partial charge in [0, 0.05) is 32.5 Å². The minimum absolute atomic E-state index is 0. The summed E-state index contributed by atoms with van der Waals surface area (Å²) in [6, 6.07) is 3.39. The highest BCUT2D eigenvalue weighted by Crippen LogP contribution is 2.39. The molecule has 0 radical (unpaired) electrons. The zero-order valence-electron chi connectivity index (χ0n) is 12.0. The Morgan fingerprint density at radius 2 is 1.70 bits per heavy atom. The van der Waals surface area contributed by atoms with Crippen LogP contribution in [0.2, 0.25) is 0 Å². The van der Waals surface area contributed by atoms with Gasteiger partial charge in [-0.3, -0.25) is 0 Å². The Balaban J connectivity index is 0.00000200. The molecule has 8 heteroatoms. The van der Waals surface area contributed by atoms with E-state index in [0.717, 1.165) is 0 Å². The van der Waals surface area contributed by atoms with Gasteiger partial charge in [-0.2, -0.15) is 4.36 Å². The first-order chi connectivity index (χ1) is 8.89. The smallest absolute Gasteiger partial charge is 0.234 e. The molecule has 1 aromatic rings. The van der Waals surface area contributed by atoms with E-state index in [4.69, 9.17) is 9.47 Å². The third kappa shape index (κ3) is 2.83. The van der Waals surface area contributed by atoms with Crippen molar-refractivity contribution in [3.8, 4) is 11.5 Å². The van der Waals surface area contributed by atoms with Crippen LogP contribution in [0.25, 0.3) is 0 Å². The van der Waals surface area contributed by atoms with Crippen molar-refractivity contribution < 1.29 is 13.7 Å². The van der Waals surface area contributed by atoms with Crippen molar-refractivity contribution in [2.24, 2.45) is 9.36 Å². The zero-order chi connectivity index (χ0) is 14.2. The van der Waals surface area contributed by atoms with E-state index in [-0.39, 0.29) is 12.4 Å². The largest absolute Gasteiger partial charge is 0.493 e. The maximum absolute atomic E-state index is 12.6. The van der Waals surface area contributed by atoms with Crippen molar-refractivity contribution >= 4 is 33.8 Å². The molecular formula is C12H18ClN3O3S. The van der Waals surface area contributed by atoms with Crippen LogP contribution in [0, 0.1) is 0 Å². The standard InChI is InChI=1S/C12H17N3O3S.ClH/c1-15(2)12-13-8-6-9(17-3)10(18-4)7-11(8)19(5,16)14-12;/h6-7H,1-5H3;1H. The third-order valence-corrected chi connectivity index (χ3v) is 4.40. The molecule has 6 nitrogen and oxygen atoms in total. The van der Waals surface area contributed by atoms with Crippen molar-refractivity contribution in [1.82, 2.24) is 4.90 Å². The SMILES string of the molecule is COc1cc2c(cc1OC)S(C)(=O)=NC(N(C)C)=N2.Cl. The summed E-state index contributed by atoms with van der Waals surface area (Å²) in [6.07, 6.45) is 1.59. The Bertz CT molecular complexity index is 664. The van der Waals surface area contributed by atoms with Crippen molar-refractivity contribution in [3.05, 3.63) is 12.1 Å². The van der Waals surface area contributed by atoms with Crippen LogP contribution >= 0.6 is 12.4 Å². The fraction of sp³-hybridized carbons (Fsp3) is 0.417. The van der Waals surface area contributed by atoms with Gasteiger partial charge in [0.1, 0.15) is 0 Å². The lowest BCUT2D eigenvalue weighted by Gasteiger charge is -2.20. The summed E-state index contributed by atoms with van der Waals surface area (Å²) in [4.78, 5) is 6.68. The van der Waals surface area contributed by atoms with E-state index in [9.17, 15) is 4.21 Å². The average Bonchev–Trinajstić information content (AvgIpc) is 2.36. The molecule has 1 heterocycles. The molecule has 0 amide bonds. The molecule has 0 fully saturated rings. The second kappa shape index (κ2) is 5.88. The summed E-state index contributed by atoms with van der Waals surface area (Å²) in [5, 5.41) is 0. The Morgan fingerprint density at radius 1 is 1.15 bits per heavy atom. The van der Waals surface area contributed by atoms with Gasteiger partial charge in [0.05, 0.1) is 34.5 Å². The lowest BCUT2D eigenvalue weighted by atomic mass is 10.3. The van der Waals surface area contributed by atoms with Crippen molar-refractivity contribution in [1.29, 1.82) is 0 Å². The Hall–Kier alpha value is -1.47. The van der Waals surface area contributed by atoms with Crippen LogP contribution in [0.4, 0.5) is 5.69 Å². The topological polar surface area (TPSA) is 63.5 Å². The molecule has 0 saturated heterocycles. The van der Waals surface area contributed by atoms with Crippen LogP contribution in [-0.2, 0) is 9.73 Å². The number of hydrogen-bond acceptors (Lipinski definition) is 6. The number of halogens is 1. The molecule has 1 unspecified atom stereocenters. The van der Waals surface area contributed by atoms with Crippen LogP contribution in [0.5, 0.6) is 11.5 Å². The molecule has 1 aromatic carbocycles. The van der Waals surface area contributed by atoms with Gasteiger partial charge in [0.25, 0.3) is 0 Å². The van der Waals surface area contributed by atoms with Crippen LogP contribution in [0.1, 0.15) is 0 Å². The Kier molecular flexibility index (Phi) is 4.88. The number of guanidine groups is 1. The first-order valence-corrected chi connectivity index (χ1v) is 7.55. The minimum atomic E-state index is -2.53. The molecule has 1 aliphatic heterocycles. The van der Waals surface area contributed by atoms with E-state index in [1.807, 2.05) is 14.1 Å². The number of methoxy groups -OCH3 is 2. The molecule has 0 N–H and O–H groups in total. The highest BCUT2D eigenvalue weighted by Gasteiger charge is 2.22. The first-order valence-electron chi connectivity index (χ1n) is 5.63. The van der Waals surface area contributed by atoms with Gasteiger partial charge in [-0.25, -0.2) is 9.20 Å². The minimum Gasteiger partial charge on any atom is -0.493 e. The van der Waals surface area contributed by atoms with Gasteiger partial charge < -0.3 is 14.4 Å². The Morgan fingerprint density at radius 3 is 2.20 bits per heavy atom. The predicted octanol–water partition coefficient (Wildman–Crippen LogP) is 2.15. The lowest BCUT2D eigenvalue weighted by Crippen LogP contribution is -2.23. The number of benzene rings is 1. The van der Waals surface area contributed by atoms with Gasteiger partial charge >= 0.3 is 0 Å². The Labute approximate surface area is 125 Å². The summed E-state index contributed by atoms with van der Waals surface area (Å²) < 4.78 is 27.3. The lowest BCUT2D eigenvalue weighted by molar-refractivity contribution is 0.354. The highest BCUT2D eigenvalue weighted by atomic mass is 35.5. The quantitative estimate of drug-likeness (QED) is 0.838. The number of hydrogen-bond donors (Lipinski definition) is 0. The second-order valence-corrected chi connectivity index (χ2v) is 6.60. The summed E-state index contributed by atoms with van der Waals surface area (Å²) >= 11 is 0. The van der Waals surface area contributed by atoms with Crippen LogP contribution in [0.15, 0.2) is 26.4 Å². The van der Waals surface area contributed by atoms with E-state index in [1.54, 1.807) is 30.4 Å². The van der Waals surface area contributed by atoms with Crippen LogP contribution in [0.3, 0.4) is 0 Å². The normalized spacial score (nSPS) is 19.9. The number of fused-ring (bicyclic) bond motifs is 1. The molecule has 20 heavy (non-hydrogen) atoms. The van der Waals surface area contributed by atoms with Crippen LogP contribution in [-0.4, -0.2) is 49.6 Å².